The average molecular weight is 249 g/mol. The summed E-state index contributed by atoms with van der Waals surface area (Å²) in [5.74, 6) is -1.76. The molecule has 0 amide bonds. The molecule has 0 aromatic carbocycles. The molecule has 0 bridgehead atoms. The van der Waals surface area contributed by atoms with Crippen molar-refractivity contribution in [3.8, 4) is 0 Å². The molecule has 5 heteroatoms. The van der Waals surface area contributed by atoms with Crippen molar-refractivity contribution in [2.24, 2.45) is 0 Å². The molecule has 1 N–H and O–H groups in total. The van der Waals surface area contributed by atoms with Gasteiger partial charge >= 0.3 is 0 Å². The second-order valence-electron chi connectivity index (χ2n) is 3.95. The van der Waals surface area contributed by atoms with E-state index >= 15 is 0 Å². The molecule has 104 valence electrons. The zero-order valence-corrected chi connectivity index (χ0v) is 12.0. The Labute approximate surface area is 105 Å². The summed E-state index contributed by atoms with van der Waals surface area (Å²) < 4.78 is 21.8. The van der Waals surface area contributed by atoms with Crippen molar-refractivity contribution < 1.29 is 18.9 Å². The van der Waals surface area contributed by atoms with Gasteiger partial charge in [0, 0.05) is 41.3 Å². The number of rotatable bonds is 10. The van der Waals surface area contributed by atoms with Gasteiger partial charge in [0.2, 0.25) is 11.8 Å². The van der Waals surface area contributed by atoms with Crippen molar-refractivity contribution in [1.82, 2.24) is 5.32 Å². The average Bonchev–Trinajstić information content (AvgIpc) is 2.37. The fourth-order valence-corrected chi connectivity index (χ4v) is 1.85. The zero-order valence-electron chi connectivity index (χ0n) is 12.0. The van der Waals surface area contributed by atoms with Crippen LogP contribution >= 0.6 is 0 Å². The third kappa shape index (κ3) is 4.52. The van der Waals surface area contributed by atoms with E-state index in [1.807, 2.05) is 0 Å². The third-order valence-corrected chi connectivity index (χ3v) is 2.86. The molecular formula is C12H27NO4. The minimum absolute atomic E-state index is 0.707. The fourth-order valence-electron chi connectivity index (χ4n) is 1.85. The largest absolute Gasteiger partial charge is 0.341 e. The Bertz CT molecular complexity index is 171. The minimum atomic E-state index is -0.879. The molecule has 0 fully saturated rings. The van der Waals surface area contributed by atoms with Crippen LogP contribution in [0.3, 0.4) is 0 Å². The van der Waals surface area contributed by atoms with E-state index in [4.69, 9.17) is 18.9 Å². The molecule has 0 unspecified atom stereocenters. The summed E-state index contributed by atoms with van der Waals surface area (Å²) in [6.45, 7) is 4.13. The standard InChI is InChI=1S/C12H27NO4/c1-7-9-11(14-3,15-4)13-12(16-5,17-6)10-8-2/h13H,7-10H2,1-6H3. The van der Waals surface area contributed by atoms with Gasteiger partial charge in [-0.2, -0.15) is 0 Å². The molecular weight excluding hydrogens is 222 g/mol. The maximum atomic E-state index is 5.44. The van der Waals surface area contributed by atoms with Gasteiger partial charge in [-0.05, 0) is 12.8 Å². The minimum Gasteiger partial charge on any atom is -0.341 e. The molecule has 0 aliphatic heterocycles. The van der Waals surface area contributed by atoms with Gasteiger partial charge in [0.15, 0.2) is 0 Å². The van der Waals surface area contributed by atoms with Gasteiger partial charge in [0.05, 0.1) is 0 Å². The van der Waals surface area contributed by atoms with Crippen LogP contribution in [0.5, 0.6) is 0 Å². The molecule has 0 aromatic heterocycles. The quantitative estimate of drug-likeness (QED) is 0.601. The number of hydrogen-bond donors (Lipinski definition) is 1. The van der Waals surface area contributed by atoms with Crippen LogP contribution in [0.1, 0.15) is 39.5 Å². The van der Waals surface area contributed by atoms with Crippen molar-refractivity contribution in [2.75, 3.05) is 28.4 Å². The highest BCUT2D eigenvalue weighted by atomic mass is 16.7. The summed E-state index contributed by atoms with van der Waals surface area (Å²) in [6, 6.07) is 0. The van der Waals surface area contributed by atoms with E-state index in [0.717, 1.165) is 12.8 Å². The van der Waals surface area contributed by atoms with Gasteiger partial charge in [0.1, 0.15) is 0 Å². The summed E-state index contributed by atoms with van der Waals surface area (Å²) in [5, 5.41) is 3.19. The van der Waals surface area contributed by atoms with Crippen LogP contribution in [-0.4, -0.2) is 40.3 Å². The van der Waals surface area contributed by atoms with Crippen LogP contribution < -0.4 is 5.32 Å². The smallest absolute Gasteiger partial charge is 0.230 e. The molecule has 0 atom stereocenters. The van der Waals surface area contributed by atoms with Crippen molar-refractivity contribution >= 4 is 0 Å². The van der Waals surface area contributed by atoms with E-state index in [1.165, 1.54) is 0 Å². The SMILES string of the molecule is CCCC(NC(CCC)(OC)OC)(OC)OC. The summed E-state index contributed by atoms with van der Waals surface area (Å²) in [6.07, 6.45) is 3.25. The van der Waals surface area contributed by atoms with E-state index in [0.29, 0.717) is 12.8 Å². The van der Waals surface area contributed by atoms with Crippen molar-refractivity contribution in [2.45, 2.75) is 51.4 Å². The van der Waals surface area contributed by atoms with Crippen LogP contribution in [0.15, 0.2) is 0 Å². The van der Waals surface area contributed by atoms with Crippen LogP contribution in [0.25, 0.3) is 0 Å². The van der Waals surface area contributed by atoms with Crippen molar-refractivity contribution in [1.29, 1.82) is 0 Å². The first-order valence-corrected chi connectivity index (χ1v) is 6.07. The number of hydrogen-bond acceptors (Lipinski definition) is 5. The lowest BCUT2D eigenvalue weighted by Crippen LogP contribution is -2.62. The monoisotopic (exact) mass is 249 g/mol. The number of nitrogens with one attached hydrogen (secondary N) is 1. The van der Waals surface area contributed by atoms with Gasteiger partial charge < -0.3 is 18.9 Å². The predicted octanol–water partition coefficient (Wildman–Crippen LogP) is 2.07. The number of ether oxygens (including phenoxy) is 4. The Balaban J connectivity index is 4.89. The fraction of sp³-hybridized carbons (Fsp3) is 1.00. The molecule has 0 rings (SSSR count). The van der Waals surface area contributed by atoms with Gasteiger partial charge in [-0.1, -0.05) is 13.8 Å². The van der Waals surface area contributed by atoms with E-state index in [1.54, 1.807) is 28.4 Å². The predicted molar refractivity (Wildman–Crippen MR) is 66.4 cm³/mol. The highest BCUT2D eigenvalue weighted by Crippen LogP contribution is 2.24. The molecule has 17 heavy (non-hydrogen) atoms. The molecule has 0 aliphatic rings. The molecule has 0 saturated carbocycles. The lowest BCUT2D eigenvalue weighted by molar-refractivity contribution is -0.323. The third-order valence-electron chi connectivity index (χ3n) is 2.86. The Morgan fingerprint density at radius 2 is 1.00 bits per heavy atom. The van der Waals surface area contributed by atoms with E-state index in [2.05, 4.69) is 19.2 Å². The molecule has 5 nitrogen and oxygen atoms in total. The second-order valence-corrected chi connectivity index (χ2v) is 3.95. The molecule has 0 aromatic rings. The summed E-state index contributed by atoms with van der Waals surface area (Å²) in [5.41, 5.74) is 0. The first-order valence-electron chi connectivity index (χ1n) is 6.07. The molecule has 0 spiro atoms. The van der Waals surface area contributed by atoms with Gasteiger partial charge in [-0.3, -0.25) is 0 Å². The first-order chi connectivity index (χ1) is 8.07. The molecule has 0 heterocycles. The molecule has 0 aliphatic carbocycles. The lowest BCUT2D eigenvalue weighted by Gasteiger charge is -2.41. The highest BCUT2D eigenvalue weighted by molar-refractivity contribution is 4.75. The van der Waals surface area contributed by atoms with E-state index in [-0.39, 0.29) is 0 Å². The zero-order chi connectivity index (χ0) is 13.4. The Morgan fingerprint density at radius 1 is 0.706 bits per heavy atom. The van der Waals surface area contributed by atoms with E-state index < -0.39 is 11.8 Å². The second kappa shape index (κ2) is 8.00. The first kappa shape index (κ1) is 16.8. The normalized spacial score (nSPS) is 13.1. The number of methoxy groups -OCH3 is 4. The topological polar surface area (TPSA) is 49.0 Å². The Hall–Kier alpha value is -0.200. The lowest BCUT2D eigenvalue weighted by atomic mass is 10.2. The van der Waals surface area contributed by atoms with Crippen molar-refractivity contribution in [3.63, 3.8) is 0 Å². The van der Waals surface area contributed by atoms with Gasteiger partial charge in [-0.15, -0.1) is 0 Å². The summed E-state index contributed by atoms with van der Waals surface area (Å²) >= 11 is 0. The van der Waals surface area contributed by atoms with Crippen LogP contribution in [0, 0.1) is 0 Å². The van der Waals surface area contributed by atoms with Gasteiger partial charge in [0.25, 0.3) is 0 Å². The van der Waals surface area contributed by atoms with Crippen LogP contribution in [0.4, 0.5) is 0 Å². The van der Waals surface area contributed by atoms with E-state index in [9.17, 15) is 0 Å². The van der Waals surface area contributed by atoms with Gasteiger partial charge in [-0.25, -0.2) is 5.32 Å². The Morgan fingerprint density at radius 3 is 1.18 bits per heavy atom. The van der Waals surface area contributed by atoms with Crippen LogP contribution in [-0.2, 0) is 18.9 Å². The maximum absolute atomic E-state index is 5.44. The summed E-state index contributed by atoms with van der Waals surface area (Å²) in [7, 11) is 6.42. The molecule has 0 saturated heterocycles. The van der Waals surface area contributed by atoms with Crippen molar-refractivity contribution in [3.05, 3.63) is 0 Å². The highest BCUT2D eigenvalue weighted by Gasteiger charge is 2.40. The molecule has 0 radical (unpaired) electrons. The Kier molecular flexibility index (Phi) is 7.91. The van der Waals surface area contributed by atoms with Crippen LogP contribution in [0.2, 0.25) is 0 Å². The maximum Gasteiger partial charge on any atom is 0.230 e. The summed E-state index contributed by atoms with van der Waals surface area (Å²) in [4.78, 5) is 0.